The Kier molecular flexibility index (Phi) is 3.10. The molecule has 0 saturated carbocycles. The first-order valence-corrected chi connectivity index (χ1v) is 4.09. The van der Waals surface area contributed by atoms with E-state index in [9.17, 15) is 0 Å². The highest BCUT2D eigenvalue weighted by Gasteiger charge is 2.05. The van der Waals surface area contributed by atoms with Crippen LogP contribution < -0.4 is 0 Å². The molecular weight excluding hydrogens is 169 g/mol. The molecule has 1 aliphatic rings. The van der Waals surface area contributed by atoms with Crippen LogP contribution in [-0.4, -0.2) is 23.9 Å². The van der Waals surface area contributed by atoms with Crippen LogP contribution in [0.4, 0.5) is 0 Å². The Morgan fingerprint density at radius 2 is 2.40 bits per heavy atom. The van der Waals surface area contributed by atoms with Gasteiger partial charge in [-0.3, -0.25) is 0 Å². The fourth-order valence-corrected chi connectivity index (χ4v) is 1.26. The summed E-state index contributed by atoms with van der Waals surface area (Å²) in [5.74, 6) is 0.623. The predicted octanol–water partition coefficient (Wildman–Crippen LogP) is 2.18. The summed E-state index contributed by atoms with van der Waals surface area (Å²) < 4.78 is 0. The summed E-state index contributed by atoms with van der Waals surface area (Å²) in [5.41, 5.74) is 0. The lowest BCUT2D eigenvalue weighted by Gasteiger charge is -2.22. The van der Waals surface area contributed by atoms with Gasteiger partial charge in [-0.15, -0.1) is 11.6 Å². The van der Waals surface area contributed by atoms with Crippen LogP contribution in [0.5, 0.6) is 0 Å². The first kappa shape index (κ1) is 7.96. The molecule has 0 saturated heterocycles. The van der Waals surface area contributed by atoms with E-state index in [0.717, 1.165) is 18.2 Å². The third kappa shape index (κ3) is 1.93. The molecular formula is C7H9Cl2N. The molecule has 10 heavy (non-hydrogen) atoms. The molecule has 0 aromatic carbocycles. The van der Waals surface area contributed by atoms with Crippen LogP contribution >= 0.6 is 23.2 Å². The zero-order chi connectivity index (χ0) is 7.40. The zero-order valence-electron chi connectivity index (χ0n) is 5.56. The van der Waals surface area contributed by atoms with Gasteiger partial charge in [0.2, 0.25) is 0 Å². The number of halogens is 2. The molecule has 1 heterocycles. The number of hydrogen-bond donors (Lipinski definition) is 0. The van der Waals surface area contributed by atoms with Crippen molar-refractivity contribution in [3.8, 4) is 0 Å². The van der Waals surface area contributed by atoms with Crippen molar-refractivity contribution in [1.82, 2.24) is 4.90 Å². The Hall–Kier alpha value is -0.140. The van der Waals surface area contributed by atoms with Crippen molar-refractivity contribution in [3.05, 3.63) is 23.4 Å². The van der Waals surface area contributed by atoms with Crippen LogP contribution in [0.2, 0.25) is 0 Å². The maximum absolute atomic E-state index is 5.84. The van der Waals surface area contributed by atoms with Crippen LogP contribution in [0.1, 0.15) is 0 Å². The molecule has 0 spiro atoms. The lowest BCUT2D eigenvalue weighted by Crippen LogP contribution is -2.24. The predicted molar refractivity (Wildman–Crippen MR) is 45.4 cm³/mol. The topological polar surface area (TPSA) is 3.24 Å². The molecule has 0 aliphatic carbocycles. The number of nitrogens with zero attached hydrogens (tertiary/aromatic N) is 1. The summed E-state index contributed by atoms with van der Waals surface area (Å²) in [7, 11) is 0. The summed E-state index contributed by atoms with van der Waals surface area (Å²) >= 11 is 11.4. The molecule has 0 amide bonds. The smallest absolute Gasteiger partial charge is 0.105 e. The second-order valence-electron chi connectivity index (χ2n) is 2.05. The molecule has 56 valence electrons. The molecule has 0 fully saturated rings. The fraction of sp³-hybridized carbons (Fsp3) is 0.429. The minimum atomic E-state index is 0.623. The van der Waals surface area contributed by atoms with E-state index in [1.807, 2.05) is 17.1 Å². The first-order valence-electron chi connectivity index (χ1n) is 3.18. The molecule has 0 atom stereocenters. The van der Waals surface area contributed by atoms with Crippen molar-refractivity contribution >= 4 is 23.2 Å². The zero-order valence-corrected chi connectivity index (χ0v) is 7.07. The molecule has 0 aromatic rings. The Morgan fingerprint density at radius 3 is 3.00 bits per heavy atom. The highest BCUT2D eigenvalue weighted by Crippen LogP contribution is 2.12. The molecule has 0 N–H and O–H groups in total. The fourth-order valence-electron chi connectivity index (χ4n) is 0.828. The van der Waals surface area contributed by atoms with Gasteiger partial charge in [-0.05, 0) is 6.08 Å². The summed E-state index contributed by atoms with van der Waals surface area (Å²) in [6.45, 7) is 1.70. The molecule has 3 heteroatoms. The summed E-state index contributed by atoms with van der Waals surface area (Å²) in [5, 5.41) is 0.781. The third-order valence-electron chi connectivity index (χ3n) is 1.35. The molecule has 0 unspecified atom stereocenters. The van der Waals surface area contributed by atoms with Gasteiger partial charge in [-0.1, -0.05) is 23.8 Å². The second kappa shape index (κ2) is 3.89. The van der Waals surface area contributed by atoms with E-state index < -0.39 is 0 Å². The summed E-state index contributed by atoms with van der Waals surface area (Å²) in [6.07, 6.45) is 5.88. The molecule has 0 radical (unpaired) electrons. The van der Waals surface area contributed by atoms with Gasteiger partial charge in [0.05, 0.1) is 0 Å². The van der Waals surface area contributed by atoms with Crippen LogP contribution in [0.3, 0.4) is 0 Å². The summed E-state index contributed by atoms with van der Waals surface area (Å²) in [6, 6.07) is 0. The lowest BCUT2D eigenvalue weighted by atomic mass is 10.3. The van der Waals surface area contributed by atoms with Gasteiger partial charge in [-0.25, -0.2) is 0 Å². The minimum Gasteiger partial charge on any atom is -0.357 e. The Balaban J connectivity index is 2.47. The maximum atomic E-state index is 5.84. The monoisotopic (exact) mass is 177 g/mol. The van der Waals surface area contributed by atoms with Gasteiger partial charge in [0.15, 0.2) is 0 Å². The van der Waals surface area contributed by atoms with Crippen molar-refractivity contribution in [2.45, 2.75) is 0 Å². The lowest BCUT2D eigenvalue weighted by molar-refractivity contribution is 0.425. The number of allylic oxidation sites excluding steroid dienone is 2. The van der Waals surface area contributed by atoms with Crippen LogP contribution in [0.25, 0.3) is 0 Å². The van der Waals surface area contributed by atoms with E-state index >= 15 is 0 Å². The molecule has 0 aromatic heterocycles. The highest BCUT2D eigenvalue weighted by atomic mass is 35.5. The Labute approximate surface area is 70.9 Å². The minimum absolute atomic E-state index is 0.623. The van der Waals surface area contributed by atoms with Gasteiger partial charge >= 0.3 is 0 Å². The van der Waals surface area contributed by atoms with Crippen molar-refractivity contribution in [2.75, 3.05) is 19.0 Å². The van der Waals surface area contributed by atoms with Crippen molar-refractivity contribution in [3.63, 3.8) is 0 Å². The van der Waals surface area contributed by atoms with Gasteiger partial charge < -0.3 is 4.90 Å². The number of rotatable bonds is 2. The molecule has 1 nitrogen and oxygen atoms in total. The normalized spacial score (nSPS) is 17.4. The van der Waals surface area contributed by atoms with Crippen LogP contribution in [0.15, 0.2) is 23.4 Å². The van der Waals surface area contributed by atoms with E-state index in [-0.39, 0.29) is 0 Å². The number of alkyl halides is 1. The van der Waals surface area contributed by atoms with E-state index in [4.69, 9.17) is 23.2 Å². The highest BCUT2D eigenvalue weighted by molar-refractivity contribution is 6.29. The number of hydrogen-bond acceptors (Lipinski definition) is 1. The van der Waals surface area contributed by atoms with Crippen molar-refractivity contribution in [1.29, 1.82) is 0 Å². The van der Waals surface area contributed by atoms with E-state index in [0.29, 0.717) is 5.88 Å². The van der Waals surface area contributed by atoms with Crippen molar-refractivity contribution in [2.24, 2.45) is 0 Å². The van der Waals surface area contributed by atoms with Crippen molar-refractivity contribution < 1.29 is 0 Å². The van der Waals surface area contributed by atoms with E-state index in [1.54, 1.807) is 0 Å². The van der Waals surface area contributed by atoms with Crippen LogP contribution in [-0.2, 0) is 0 Å². The van der Waals surface area contributed by atoms with Gasteiger partial charge in [0, 0.05) is 19.0 Å². The Morgan fingerprint density at radius 1 is 1.60 bits per heavy atom. The largest absolute Gasteiger partial charge is 0.357 e. The van der Waals surface area contributed by atoms with Gasteiger partial charge in [0.25, 0.3) is 0 Å². The average molecular weight is 178 g/mol. The van der Waals surface area contributed by atoms with Gasteiger partial charge in [0.1, 0.15) is 5.16 Å². The van der Waals surface area contributed by atoms with E-state index in [2.05, 4.69) is 6.08 Å². The third-order valence-corrected chi connectivity index (χ3v) is 1.89. The molecule has 1 rings (SSSR count). The molecule has 0 bridgehead atoms. The molecule has 1 aliphatic heterocycles. The van der Waals surface area contributed by atoms with Gasteiger partial charge in [-0.2, -0.15) is 0 Å². The van der Waals surface area contributed by atoms with Crippen LogP contribution in [0, 0.1) is 0 Å². The standard InChI is InChI=1S/C7H9Cl2N/c8-4-6-10-5-2-1-3-7(10)9/h1-3H,4-6H2. The first-order chi connectivity index (χ1) is 4.84. The average Bonchev–Trinajstić information content (AvgIpc) is 1.94. The van der Waals surface area contributed by atoms with E-state index in [1.165, 1.54) is 0 Å². The summed E-state index contributed by atoms with van der Waals surface area (Å²) in [4.78, 5) is 2.02. The quantitative estimate of drug-likeness (QED) is 0.462. The SMILES string of the molecule is ClCCN1CC=CC=C1Cl. The maximum Gasteiger partial charge on any atom is 0.105 e. The Bertz CT molecular complexity index is 163. The second-order valence-corrected chi connectivity index (χ2v) is 2.82.